The number of nitrogens with zero attached hydrogens (tertiary/aromatic N) is 1. The molecule has 0 bridgehead atoms. The highest BCUT2D eigenvalue weighted by molar-refractivity contribution is 6.07. The van der Waals surface area contributed by atoms with Gasteiger partial charge < -0.3 is 20.1 Å². The van der Waals surface area contributed by atoms with Crippen LogP contribution in [0, 0.1) is 0 Å². The molecule has 0 saturated carbocycles. The van der Waals surface area contributed by atoms with Gasteiger partial charge in [0.1, 0.15) is 23.9 Å². The maximum absolute atomic E-state index is 12.9. The number of aliphatic hydroxyl groups excluding tert-OH is 1. The van der Waals surface area contributed by atoms with Crippen LogP contribution in [0.25, 0.3) is 0 Å². The molecule has 130 valence electrons. The van der Waals surface area contributed by atoms with Gasteiger partial charge in [-0.25, -0.2) is 9.69 Å². The fourth-order valence-corrected chi connectivity index (χ4v) is 3.46. The number of piperidine rings is 1. The largest absolute Gasteiger partial charge is 0.497 e. The first kappa shape index (κ1) is 16.7. The monoisotopic (exact) mass is 334 g/mol. The van der Waals surface area contributed by atoms with E-state index in [1.807, 2.05) is 6.07 Å². The number of rotatable bonds is 4. The minimum atomic E-state index is -1.10. The Labute approximate surface area is 141 Å². The van der Waals surface area contributed by atoms with Crippen LogP contribution in [-0.2, 0) is 10.3 Å². The Hall–Kier alpha value is -2.12. The highest BCUT2D eigenvalue weighted by atomic mass is 16.5. The van der Waals surface area contributed by atoms with Gasteiger partial charge in [0.05, 0.1) is 13.7 Å². The first-order valence-electron chi connectivity index (χ1n) is 8.24. The molecule has 1 aromatic carbocycles. The molecular formula is C17H24N3O4+. The Bertz CT molecular complexity index is 650. The lowest BCUT2D eigenvalue weighted by Gasteiger charge is -2.29. The normalized spacial score (nSPS) is 30.4. The molecule has 0 radical (unpaired) electrons. The maximum atomic E-state index is 12.9. The molecule has 7 nitrogen and oxygen atoms in total. The van der Waals surface area contributed by atoms with Crippen molar-refractivity contribution in [3.63, 3.8) is 0 Å². The zero-order chi connectivity index (χ0) is 17.3. The fourth-order valence-electron chi connectivity index (χ4n) is 3.46. The molecule has 1 aromatic rings. The van der Waals surface area contributed by atoms with Crippen molar-refractivity contribution in [2.24, 2.45) is 0 Å². The smallest absolute Gasteiger partial charge is 0.329 e. The van der Waals surface area contributed by atoms with Crippen LogP contribution in [0.1, 0.15) is 25.3 Å². The molecule has 0 aliphatic carbocycles. The number of hydrogen-bond acceptors (Lipinski definition) is 4. The third-order valence-corrected chi connectivity index (χ3v) is 4.90. The van der Waals surface area contributed by atoms with E-state index in [-0.39, 0.29) is 18.7 Å². The molecule has 2 saturated heterocycles. The number of quaternary nitrogens is 1. The van der Waals surface area contributed by atoms with Crippen LogP contribution < -0.4 is 15.0 Å². The number of amides is 3. The lowest BCUT2D eigenvalue weighted by atomic mass is 9.92. The summed E-state index contributed by atoms with van der Waals surface area (Å²) < 4.78 is 5.21. The van der Waals surface area contributed by atoms with Crippen molar-refractivity contribution in [3.05, 3.63) is 29.8 Å². The van der Waals surface area contributed by atoms with Gasteiger partial charge in [0, 0.05) is 0 Å². The Morgan fingerprint density at radius 2 is 2.25 bits per heavy atom. The summed E-state index contributed by atoms with van der Waals surface area (Å²) in [6.45, 7) is 3.40. The van der Waals surface area contributed by atoms with Gasteiger partial charge in [-0.3, -0.25) is 4.79 Å². The lowest BCUT2D eigenvalue weighted by Crippen LogP contribution is -3.15. The molecule has 3 rings (SSSR count). The summed E-state index contributed by atoms with van der Waals surface area (Å²) in [7, 11) is 1.56. The van der Waals surface area contributed by atoms with Crippen molar-refractivity contribution < 1.29 is 24.3 Å². The molecule has 3 N–H and O–H groups in total. The van der Waals surface area contributed by atoms with E-state index >= 15 is 0 Å². The summed E-state index contributed by atoms with van der Waals surface area (Å²) in [5, 5.41) is 12.6. The van der Waals surface area contributed by atoms with E-state index in [4.69, 9.17) is 4.74 Å². The molecule has 2 fully saturated rings. The van der Waals surface area contributed by atoms with Gasteiger partial charge in [-0.2, -0.15) is 0 Å². The number of aliphatic hydroxyl groups is 1. The maximum Gasteiger partial charge on any atom is 0.329 e. The van der Waals surface area contributed by atoms with Crippen LogP contribution in [0.3, 0.4) is 0 Å². The van der Waals surface area contributed by atoms with Crippen LogP contribution >= 0.6 is 0 Å². The quantitative estimate of drug-likeness (QED) is 0.646. The van der Waals surface area contributed by atoms with Gasteiger partial charge in [-0.05, 0) is 37.5 Å². The summed E-state index contributed by atoms with van der Waals surface area (Å²) in [5.74, 6) is 0.368. The fraction of sp³-hybridized carbons (Fsp3) is 0.529. The molecule has 2 aliphatic rings. The Kier molecular flexibility index (Phi) is 4.47. The predicted octanol–water partition coefficient (Wildman–Crippen LogP) is -0.541. The van der Waals surface area contributed by atoms with E-state index in [2.05, 4.69) is 5.32 Å². The summed E-state index contributed by atoms with van der Waals surface area (Å²) in [6.07, 6.45) is 1.32. The molecule has 2 aliphatic heterocycles. The summed E-state index contributed by atoms with van der Waals surface area (Å²) >= 11 is 0. The van der Waals surface area contributed by atoms with Crippen molar-refractivity contribution in [3.8, 4) is 5.75 Å². The van der Waals surface area contributed by atoms with Crippen LogP contribution in [-0.4, -0.2) is 54.9 Å². The van der Waals surface area contributed by atoms with Gasteiger partial charge >= 0.3 is 6.03 Å². The molecule has 0 spiro atoms. The Morgan fingerprint density at radius 1 is 1.46 bits per heavy atom. The minimum Gasteiger partial charge on any atom is -0.497 e. The van der Waals surface area contributed by atoms with E-state index in [0.717, 1.165) is 24.3 Å². The highest BCUT2D eigenvalue weighted by Gasteiger charge is 2.50. The molecule has 1 unspecified atom stereocenters. The lowest BCUT2D eigenvalue weighted by molar-refractivity contribution is -0.915. The van der Waals surface area contributed by atoms with E-state index < -0.39 is 11.6 Å². The average molecular weight is 334 g/mol. The summed E-state index contributed by atoms with van der Waals surface area (Å²) in [4.78, 5) is 27.6. The number of nitrogens with one attached hydrogen (secondary N) is 2. The molecular weight excluding hydrogens is 310 g/mol. The zero-order valence-electron chi connectivity index (χ0n) is 14.0. The molecule has 2 heterocycles. The van der Waals surface area contributed by atoms with Crippen molar-refractivity contribution in [1.82, 2.24) is 10.2 Å². The summed E-state index contributed by atoms with van der Waals surface area (Å²) in [6, 6.07) is 6.78. The second-order valence-electron chi connectivity index (χ2n) is 6.68. The van der Waals surface area contributed by atoms with Gasteiger partial charge in [0.25, 0.3) is 5.91 Å². The average Bonchev–Trinajstić information content (AvgIpc) is 2.79. The predicted molar refractivity (Wildman–Crippen MR) is 86.5 cm³/mol. The van der Waals surface area contributed by atoms with Crippen LogP contribution in [0.4, 0.5) is 4.79 Å². The number of likely N-dealkylation sites (tertiary alicyclic amines) is 1. The van der Waals surface area contributed by atoms with Crippen molar-refractivity contribution in [2.45, 2.75) is 31.4 Å². The number of urea groups is 1. The minimum absolute atomic E-state index is 0.270. The number of ether oxygens (including phenoxy) is 1. The van der Waals surface area contributed by atoms with Gasteiger partial charge in [0.2, 0.25) is 0 Å². The molecule has 0 aromatic heterocycles. The number of carbonyl (C=O) groups is 2. The number of methoxy groups -OCH3 is 1. The third-order valence-electron chi connectivity index (χ3n) is 4.90. The number of carbonyl (C=O) groups excluding carboxylic acids is 2. The van der Waals surface area contributed by atoms with Crippen molar-refractivity contribution in [2.75, 3.05) is 26.9 Å². The zero-order valence-corrected chi connectivity index (χ0v) is 14.0. The second kappa shape index (κ2) is 6.41. The number of hydrogen-bond donors (Lipinski definition) is 3. The van der Waals surface area contributed by atoms with Crippen LogP contribution in [0.5, 0.6) is 5.75 Å². The van der Waals surface area contributed by atoms with E-state index in [9.17, 15) is 14.7 Å². The Balaban J connectivity index is 1.79. The van der Waals surface area contributed by atoms with Crippen LogP contribution in [0.2, 0.25) is 0 Å². The Morgan fingerprint density at radius 3 is 2.96 bits per heavy atom. The number of benzene rings is 1. The first-order chi connectivity index (χ1) is 11.4. The molecule has 3 amide bonds. The topological polar surface area (TPSA) is 83.3 Å². The van der Waals surface area contributed by atoms with Gasteiger partial charge in [-0.1, -0.05) is 12.1 Å². The van der Waals surface area contributed by atoms with E-state index in [1.54, 1.807) is 32.2 Å². The highest BCUT2D eigenvalue weighted by Crippen LogP contribution is 2.30. The van der Waals surface area contributed by atoms with Crippen molar-refractivity contribution in [1.29, 1.82) is 0 Å². The first-order valence-corrected chi connectivity index (χ1v) is 8.24. The van der Waals surface area contributed by atoms with E-state index in [1.165, 1.54) is 4.90 Å². The second-order valence-corrected chi connectivity index (χ2v) is 6.68. The third kappa shape index (κ3) is 2.97. The van der Waals surface area contributed by atoms with Crippen LogP contribution in [0.15, 0.2) is 24.3 Å². The van der Waals surface area contributed by atoms with Gasteiger partial charge in [-0.15, -0.1) is 0 Å². The standard InChI is InChI=1S/C17H23N3O4/c1-17(12-5-3-7-14(9-12)24-2)15(22)20(16(23)18-17)11-19-8-4-6-13(21)10-19/h3,5,7,9,13,21H,4,6,8,10-11H2,1-2H3,(H,18,23)/p+1/t13-,17+/m0/s1. The SMILES string of the molecule is COc1cccc([C@@]2(C)NC(=O)N(C[NH+]3CCC[C@H](O)C3)C2=O)c1. The molecule has 3 atom stereocenters. The number of imide groups is 1. The molecule has 24 heavy (non-hydrogen) atoms. The summed E-state index contributed by atoms with van der Waals surface area (Å²) in [5.41, 5.74) is -0.407. The van der Waals surface area contributed by atoms with Crippen molar-refractivity contribution >= 4 is 11.9 Å². The molecule has 7 heteroatoms. The van der Waals surface area contributed by atoms with Gasteiger partial charge in [0.15, 0.2) is 6.67 Å². The van der Waals surface area contributed by atoms with E-state index in [0.29, 0.717) is 17.9 Å².